The Bertz CT molecular complexity index is 1540. The van der Waals surface area contributed by atoms with Gasteiger partial charge in [-0.05, 0) is 85.9 Å². The zero-order valence-corrected chi connectivity index (χ0v) is 18.0. The topological polar surface area (TPSA) is 49.3 Å². The Kier molecular flexibility index (Phi) is 5.46. The highest BCUT2D eigenvalue weighted by Gasteiger charge is 2.30. The molecule has 0 spiro atoms. The van der Waals surface area contributed by atoms with Gasteiger partial charge in [0.2, 0.25) is 0 Å². The van der Waals surface area contributed by atoms with E-state index in [0.717, 1.165) is 50.0 Å². The standard InChI is InChI=1S/C28H20F3NO2/c29-28(30,31)23-8-5-17(6-9-23)26-24-10-7-20(27(34)32-11-12-33)14-21(24)15-22-13-18-3-1-2-4-19(18)16-25(22)26/h1-10,13-16,33H,11-12H2,(H,32,34). The number of amides is 1. The molecule has 2 N–H and O–H groups in total. The summed E-state index contributed by atoms with van der Waals surface area (Å²) in [5.41, 5.74) is 1.22. The number of hydrogen-bond acceptors (Lipinski definition) is 2. The lowest BCUT2D eigenvalue weighted by Gasteiger charge is -2.15. The van der Waals surface area contributed by atoms with Crippen LogP contribution in [0, 0.1) is 0 Å². The van der Waals surface area contributed by atoms with Crippen LogP contribution in [0.25, 0.3) is 43.4 Å². The molecular weight excluding hydrogens is 439 g/mol. The molecule has 5 aromatic rings. The zero-order chi connectivity index (χ0) is 23.9. The average molecular weight is 459 g/mol. The zero-order valence-electron chi connectivity index (χ0n) is 18.0. The molecule has 3 nitrogen and oxygen atoms in total. The number of aliphatic hydroxyl groups is 1. The van der Waals surface area contributed by atoms with Gasteiger partial charge in [0.1, 0.15) is 0 Å². The third-order valence-electron chi connectivity index (χ3n) is 5.98. The van der Waals surface area contributed by atoms with Crippen LogP contribution in [0.15, 0.2) is 84.9 Å². The van der Waals surface area contributed by atoms with Crippen LogP contribution in [0.3, 0.4) is 0 Å². The number of alkyl halides is 3. The van der Waals surface area contributed by atoms with Gasteiger partial charge in [-0.15, -0.1) is 0 Å². The predicted octanol–water partition coefficient (Wildman–Crippen LogP) is 6.55. The molecule has 0 unspecified atom stereocenters. The molecule has 0 atom stereocenters. The first-order valence-electron chi connectivity index (χ1n) is 10.8. The third kappa shape index (κ3) is 3.97. The summed E-state index contributed by atoms with van der Waals surface area (Å²) in [6.07, 6.45) is -4.41. The molecule has 0 fully saturated rings. The number of nitrogens with one attached hydrogen (secondary N) is 1. The fourth-order valence-corrected chi connectivity index (χ4v) is 4.37. The van der Waals surface area contributed by atoms with E-state index in [1.807, 2.05) is 36.4 Å². The van der Waals surface area contributed by atoms with E-state index in [1.54, 1.807) is 12.1 Å². The number of benzene rings is 5. The summed E-state index contributed by atoms with van der Waals surface area (Å²) < 4.78 is 39.5. The summed E-state index contributed by atoms with van der Waals surface area (Å²) in [5, 5.41) is 17.2. The molecular formula is C28H20F3NO2. The minimum atomic E-state index is -4.41. The van der Waals surface area contributed by atoms with E-state index >= 15 is 0 Å². The maximum absolute atomic E-state index is 13.2. The van der Waals surface area contributed by atoms with Gasteiger partial charge < -0.3 is 10.4 Å². The Labute approximate surface area is 193 Å². The van der Waals surface area contributed by atoms with E-state index in [9.17, 15) is 18.0 Å². The van der Waals surface area contributed by atoms with Gasteiger partial charge in [-0.1, -0.05) is 42.5 Å². The molecule has 6 heteroatoms. The molecule has 5 aromatic carbocycles. The molecule has 34 heavy (non-hydrogen) atoms. The lowest BCUT2D eigenvalue weighted by molar-refractivity contribution is -0.137. The van der Waals surface area contributed by atoms with Crippen molar-refractivity contribution in [3.05, 3.63) is 96.1 Å². The maximum Gasteiger partial charge on any atom is 0.416 e. The van der Waals surface area contributed by atoms with Crippen molar-refractivity contribution in [2.75, 3.05) is 13.2 Å². The highest BCUT2D eigenvalue weighted by atomic mass is 19.4. The van der Waals surface area contributed by atoms with Gasteiger partial charge in [0.15, 0.2) is 0 Å². The second-order valence-corrected chi connectivity index (χ2v) is 8.16. The second kappa shape index (κ2) is 8.47. The normalized spacial score (nSPS) is 11.9. The molecule has 0 saturated carbocycles. The second-order valence-electron chi connectivity index (χ2n) is 8.16. The minimum Gasteiger partial charge on any atom is -0.395 e. The number of hydrogen-bond donors (Lipinski definition) is 2. The fraction of sp³-hybridized carbons (Fsp3) is 0.107. The van der Waals surface area contributed by atoms with Gasteiger partial charge >= 0.3 is 6.18 Å². The highest BCUT2D eigenvalue weighted by Crippen LogP contribution is 2.39. The van der Waals surface area contributed by atoms with Crippen LogP contribution < -0.4 is 5.32 Å². The minimum absolute atomic E-state index is 0.150. The number of halogens is 3. The number of carbonyl (C=O) groups excluding carboxylic acids is 1. The molecule has 0 aromatic heterocycles. The Morgan fingerprint density at radius 3 is 2.09 bits per heavy atom. The quantitative estimate of drug-likeness (QED) is 0.299. The highest BCUT2D eigenvalue weighted by molar-refractivity contribution is 6.16. The molecule has 0 aliphatic heterocycles. The number of fused-ring (bicyclic) bond motifs is 3. The number of rotatable bonds is 4. The van der Waals surface area contributed by atoms with Crippen LogP contribution in [0.5, 0.6) is 0 Å². The van der Waals surface area contributed by atoms with E-state index < -0.39 is 11.7 Å². The smallest absolute Gasteiger partial charge is 0.395 e. The number of aliphatic hydroxyl groups excluding tert-OH is 1. The summed E-state index contributed by atoms with van der Waals surface area (Å²) in [5.74, 6) is -0.300. The van der Waals surface area contributed by atoms with E-state index in [2.05, 4.69) is 17.4 Å². The summed E-state index contributed by atoms with van der Waals surface area (Å²) in [7, 11) is 0. The van der Waals surface area contributed by atoms with E-state index in [0.29, 0.717) is 11.1 Å². The SMILES string of the molecule is O=C(NCCO)c1ccc2c(-c3ccc(C(F)(F)F)cc3)c3cc4ccccc4cc3cc2c1. The summed E-state index contributed by atoms with van der Waals surface area (Å²) >= 11 is 0. The van der Waals surface area contributed by atoms with Gasteiger partial charge in [0.05, 0.1) is 12.2 Å². The van der Waals surface area contributed by atoms with Crippen molar-refractivity contribution in [2.45, 2.75) is 6.18 Å². The molecule has 0 bridgehead atoms. The van der Waals surface area contributed by atoms with Crippen LogP contribution in [0.1, 0.15) is 15.9 Å². The van der Waals surface area contributed by atoms with Crippen molar-refractivity contribution in [1.29, 1.82) is 0 Å². The lowest BCUT2D eigenvalue weighted by atomic mass is 9.89. The monoisotopic (exact) mass is 459 g/mol. The predicted molar refractivity (Wildman–Crippen MR) is 129 cm³/mol. The van der Waals surface area contributed by atoms with Crippen molar-refractivity contribution in [1.82, 2.24) is 5.32 Å². The summed E-state index contributed by atoms with van der Waals surface area (Å²) in [6.45, 7) is -0.00745. The summed E-state index contributed by atoms with van der Waals surface area (Å²) in [6, 6.07) is 24.5. The van der Waals surface area contributed by atoms with Crippen molar-refractivity contribution in [3.63, 3.8) is 0 Å². The van der Waals surface area contributed by atoms with Crippen LogP contribution in [0.2, 0.25) is 0 Å². The molecule has 0 aliphatic carbocycles. The molecule has 0 radical (unpaired) electrons. The molecule has 170 valence electrons. The fourth-order valence-electron chi connectivity index (χ4n) is 4.37. The van der Waals surface area contributed by atoms with Crippen molar-refractivity contribution in [3.8, 4) is 11.1 Å². The Morgan fingerprint density at radius 1 is 0.765 bits per heavy atom. The van der Waals surface area contributed by atoms with E-state index in [1.165, 1.54) is 12.1 Å². The summed E-state index contributed by atoms with van der Waals surface area (Å²) in [4.78, 5) is 12.4. The van der Waals surface area contributed by atoms with Crippen LogP contribution in [-0.4, -0.2) is 24.2 Å². The average Bonchev–Trinajstić information content (AvgIpc) is 2.83. The van der Waals surface area contributed by atoms with Gasteiger partial charge in [0, 0.05) is 12.1 Å². The van der Waals surface area contributed by atoms with Crippen molar-refractivity contribution >= 4 is 38.2 Å². The van der Waals surface area contributed by atoms with Gasteiger partial charge in [0.25, 0.3) is 5.91 Å². The Hall–Kier alpha value is -3.90. The van der Waals surface area contributed by atoms with E-state index in [-0.39, 0.29) is 19.1 Å². The maximum atomic E-state index is 13.2. The largest absolute Gasteiger partial charge is 0.416 e. The van der Waals surface area contributed by atoms with Crippen LogP contribution in [0.4, 0.5) is 13.2 Å². The third-order valence-corrected chi connectivity index (χ3v) is 5.98. The van der Waals surface area contributed by atoms with E-state index in [4.69, 9.17) is 5.11 Å². The Balaban J connectivity index is 1.78. The molecule has 5 rings (SSSR count). The molecule has 0 heterocycles. The molecule has 1 amide bonds. The molecule has 0 saturated heterocycles. The van der Waals surface area contributed by atoms with Gasteiger partial charge in [-0.25, -0.2) is 0 Å². The number of carbonyl (C=O) groups is 1. The molecule has 0 aliphatic rings. The van der Waals surface area contributed by atoms with Gasteiger partial charge in [-0.3, -0.25) is 4.79 Å². The van der Waals surface area contributed by atoms with Crippen molar-refractivity contribution in [2.24, 2.45) is 0 Å². The first-order chi connectivity index (χ1) is 16.3. The Morgan fingerprint density at radius 2 is 1.41 bits per heavy atom. The van der Waals surface area contributed by atoms with Crippen LogP contribution >= 0.6 is 0 Å². The lowest BCUT2D eigenvalue weighted by Crippen LogP contribution is -2.26. The van der Waals surface area contributed by atoms with Crippen molar-refractivity contribution < 1.29 is 23.1 Å². The first kappa shape index (κ1) is 21.9. The van der Waals surface area contributed by atoms with Crippen LogP contribution in [-0.2, 0) is 6.18 Å². The van der Waals surface area contributed by atoms with Gasteiger partial charge in [-0.2, -0.15) is 13.2 Å². The first-order valence-corrected chi connectivity index (χ1v) is 10.8.